The van der Waals surface area contributed by atoms with Crippen molar-refractivity contribution in [3.8, 4) is 0 Å². The Morgan fingerprint density at radius 3 is 3.10 bits per heavy atom. The number of nitrogens with zero attached hydrogens (tertiary/aromatic N) is 2. The van der Waals surface area contributed by atoms with Gasteiger partial charge in [-0.2, -0.15) is 0 Å². The monoisotopic (exact) mass is 296 g/mol. The Morgan fingerprint density at radius 2 is 2.40 bits per heavy atom. The molecule has 1 fully saturated rings. The van der Waals surface area contributed by atoms with Crippen LogP contribution in [0.25, 0.3) is 0 Å². The van der Waals surface area contributed by atoms with Crippen molar-refractivity contribution < 1.29 is 4.79 Å². The highest BCUT2D eigenvalue weighted by Crippen LogP contribution is 2.19. The molecule has 0 bridgehead atoms. The van der Waals surface area contributed by atoms with Gasteiger partial charge in [0.05, 0.1) is 10.6 Å². The largest absolute Gasteiger partial charge is 0.373 e. The van der Waals surface area contributed by atoms with Crippen LogP contribution in [0.1, 0.15) is 30.1 Å². The second-order valence-corrected chi connectivity index (χ2v) is 5.34. The van der Waals surface area contributed by atoms with Crippen LogP contribution in [-0.4, -0.2) is 48.5 Å². The number of amides is 1. The topological polar surface area (TPSA) is 57.3 Å². The van der Waals surface area contributed by atoms with Crippen molar-refractivity contribution in [2.45, 2.75) is 25.8 Å². The molecule has 1 saturated heterocycles. The molecule has 2 heterocycles. The number of nitrogens with one attached hydrogen (secondary N) is 2. The quantitative estimate of drug-likeness (QED) is 0.872. The maximum absolute atomic E-state index is 12.2. The number of carbonyl (C=O) groups excluding carboxylic acids is 1. The molecule has 1 aromatic rings. The summed E-state index contributed by atoms with van der Waals surface area (Å²) in [7, 11) is 1.76. The second kappa shape index (κ2) is 6.90. The van der Waals surface area contributed by atoms with E-state index in [0.29, 0.717) is 29.0 Å². The lowest BCUT2D eigenvalue weighted by molar-refractivity contribution is 0.0941. The van der Waals surface area contributed by atoms with E-state index in [2.05, 4.69) is 27.4 Å². The van der Waals surface area contributed by atoms with Gasteiger partial charge in [0.25, 0.3) is 5.91 Å². The van der Waals surface area contributed by atoms with Crippen molar-refractivity contribution in [2.75, 3.05) is 32.0 Å². The fourth-order valence-corrected chi connectivity index (χ4v) is 2.79. The number of hydrogen-bond donors (Lipinski definition) is 2. The zero-order chi connectivity index (χ0) is 14.5. The number of anilines is 1. The Hall–Kier alpha value is -1.33. The summed E-state index contributed by atoms with van der Waals surface area (Å²) >= 11 is 6.04. The first-order valence-corrected chi connectivity index (χ1v) is 7.39. The first-order chi connectivity index (χ1) is 9.65. The van der Waals surface area contributed by atoms with Gasteiger partial charge in [-0.15, -0.1) is 0 Å². The summed E-state index contributed by atoms with van der Waals surface area (Å²) in [6.45, 7) is 4.97. The molecular formula is C14H21ClN4O. The van der Waals surface area contributed by atoms with Crippen molar-refractivity contribution in [1.29, 1.82) is 0 Å². The van der Waals surface area contributed by atoms with Gasteiger partial charge in [0.15, 0.2) is 0 Å². The normalized spacial score (nSPS) is 19.1. The highest BCUT2D eigenvalue weighted by Gasteiger charge is 2.23. The summed E-state index contributed by atoms with van der Waals surface area (Å²) in [4.78, 5) is 18.7. The highest BCUT2D eigenvalue weighted by atomic mass is 35.5. The lowest BCUT2D eigenvalue weighted by Gasteiger charge is -2.23. The van der Waals surface area contributed by atoms with Crippen LogP contribution < -0.4 is 10.6 Å². The predicted octanol–water partition coefficient (Wildman–Crippen LogP) is 1.99. The third-order valence-electron chi connectivity index (χ3n) is 3.76. The molecule has 110 valence electrons. The molecule has 1 aromatic heterocycles. The molecule has 1 atom stereocenters. The van der Waals surface area contributed by atoms with Gasteiger partial charge in [-0.3, -0.25) is 9.69 Å². The number of hydrogen-bond acceptors (Lipinski definition) is 4. The molecule has 20 heavy (non-hydrogen) atoms. The molecular weight excluding hydrogens is 276 g/mol. The Kier molecular flexibility index (Phi) is 5.20. The highest BCUT2D eigenvalue weighted by molar-refractivity contribution is 6.33. The lowest BCUT2D eigenvalue weighted by Crippen LogP contribution is -2.40. The molecule has 6 heteroatoms. The van der Waals surface area contributed by atoms with Crippen LogP contribution in [-0.2, 0) is 0 Å². The zero-order valence-corrected chi connectivity index (χ0v) is 12.7. The molecule has 0 spiro atoms. The van der Waals surface area contributed by atoms with Crippen molar-refractivity contribution in [3.63, 3.8) is 0 Å². The van der Waals surface area contributed by atoms with E-state index in [4.69, 9.17) is 11.6 Å². The van der Waals surface area contributed by atoms with Crippen LogP contribution in [0.4, 0.5) is 5.82 Å². The van der Waals surface area contributed by atoms with Gasteiger partial charge >= 0.3 is 0 Å². The third-order valence-corrected chi connectivity index (χ3v) is 4.06. The van der Waals surface area contributed by atoms with Gasteiger partial charge in [-0.05, 0) is 32.0 Å². The number of likely N-dealkylation sites (tertiary alicyclic amines) is 1. The third kappa shape index (κ3) is 3.41. The average molecular weight is 297 g/mol. The fourth-order valence-electron chi connectivity index (χ4n) is 2.60. The van der Waals surface area contributed by atoms with Crippen LogP contribution in [0.5, 0.6) is 0 Å². The van der Waals surface area contributed by atoms with Crippen LogP contribution in [0, 0.1) is 0 Å². The molecule has 1 aliphatic heterocycles. The average Bonchev–Trinajstić information content (AvgIpc) is 2.92. The van der Waals surface area contributed by atoms with Gasteiger partial charge < -0.3 is 10.6 Å². The van der Waals surface area contributed by atoms with Gasteiger partial charge in [-0.25, -0.2) is 4.98 Å². The summed E-state index contributed by atoms with van der Waals surface area (Å²) in [5, 5.41) is 6.26. The van der Waals surface area contributed by atoms with E-state index in [9.17, 15) is 4.79 Å². The van der Waals surface area contributed by atoms with Gasteiger partial charge in [0.2, 0.25) is 0 Å². The number of carbonyl (C=O) groups is 1. The fraction of sp³-hybridized carbons (Fsp3) is 0.571. The molecule has 0 aromatic carbocycles. The number of aromatic nitrogens is 1. The number of rotatable bonds is 5. The maximum atomic E-state index is 12.2. The molecule has 2 rings (SSSR count). The van der Waals surface area contributed by atoms with Crippen molar-refractivity contribution >= 4 is 23.3 Å². The minimum Gasteiger partial charge on any atom is -0.373 e. The molecule has 0 radical (unpaired) electrons. The van der Waals surface area contributed by atoms with Gasteiger partial charge in [0, 0.05) is 25.8 Å². The van der Waals surface area contributed by atoms with E-state index in [-0.39, 0.29) is 5.91 Å². The van der Waals surface area contributed by atoms with Gasteiger partial charge in [-0.1, -0.05) is 18.5 Å². The van der Waals surface area contributed by atoms with Crippen molar-refractivity contribution in [3.05, 3.63) is 22.8 Å². The van der Waals surface area contributed by atoms with Crippen LogP contribution in [0.3, 0.4) is 0 Å². The molecule has 0 saturated carbocycles. The lowest BCUT2D eigenvalue weighted by atomic mass is 10.2. The summed E-state index contributed by atoms with van der Waals surface area (Å²) in [5.74, 6) is 0.493. The standard InChI is InChI=1S/C14H21ClN4O/c1-3-19-6-4-5-10(19)8-18-14(20)11-7-13(16-2)17-9-12(11)15/h7,9-10H,3-6,8H2,1-2H3,(H,16,17)(H,18,20). The van der Waals surface area contributed by atoms with Crippen LogP contribution in [0.15, 0.2) is 12.3 Å². The molecule has 1 aliphatic rings. The molecule has 2 N–H and O–H groups in total. The van der Waals surface area contributed by atoms with E-state index in [1.165, 1.54) is 12.6 Å². The number of pyridine rings is 1. The molecule has 0 aliphatic carbocycles. The SMILES string of the molecule is CCN1CCCC1CNC(=O)c1cc(NC)ncc1Cl. The first-order valence-electron chi connectivity index (χ1n) is 7.01. The Bertz CT molecular complexity index is 480. The summed E-state index contributed by atoms with van der Waals surface area (Å²) in [5.41, 5.74) is 0.465. The zero-order valence-electron chi connectivity index (χ0n) is 11.9. The maximum Gasteiger partial charge on any atom is 0.253 e. The minimum absolute atomic E-state index is 0.142. The smallest absolute Gasteiger partial charge is 0.253 e. The number of halogens is 1. The summed E-state index contributed by atoms with van der Waals surface area (Å²) < 4.78 is 0. The second-order valence-electron chi connectivity index (χ2n) is 4.93. The Labute approximate surface area is 124 Å². The molecule has 1 amide bonds. The molecule has 1 unspecified atom stereocenters. The van der Waals surface area contributed by atoms with Crippen LogP contribution >= 0.6 is 11.6 Å². The number of likely N-dealkylation sites (N-methyl/N-ethyl adjacent to an activating group) is 1. The van der Waals surface area contributed by atoms with E-state index < -0.39 is 0 Å². The summed E-state index contributed by atoms with van der Waals surface area (Å²) in [6, 6.07) is 2.11. The Morgan fingerprint density at radius 1 is 1.60 bits per heavy atom. The summed E-state index contributed by atoms with van der Waals surface area (Å²) in [6.07, 6.45) is 3.84. The van der Waals surface area contributed by atoms with E-state index in [1.807, 2.05) is 0 Å². The van der Waals surface area contributed by atoms with Crippen molar-refractivity contribution in [1.82, 2.24) is 15.2 Å². The predicted molar refractivity (Wildman–Crippen MR) is 81.4 cm³/mol. The van der Waals surface area contributed by atoms with E-state index >= 15 is 0 Å². The molecule has 5 nitrogen and oxygen atoms in total. The van der Waals surface area contributed by atoms with E-state index in [1.54, 1.807) is 13.1 Å². The van der Waals surface area contributed by atoms with E-state index in [0.717, 1.165) is 19.5 Å². The van der Waals surface area contributed by atoms with Crippen LogP contribution in [0.2, 0.25) is 5.02 Å². The first kappa shape index (κ1) is 15.1. The van der Waals surface area contributed by atoms with Crippen molar-refractivity contribution in [2.24, 2.45) is 0 Å². The van der Waals surface area contributed by atoms with Gasteiger partial charge in [0.1, 0.15) is 5.82 Å². The Balaban J connectivity index is 1.98. The minimum atomic E-state index is -0.142.